The maximum absolute atomic E-state index is 9.16. The maximum Gasteiger partial charge on any atom is 0.216 e. The van der Waals surface area contributed by atoms with E-state index in [0.717, 1.165) is 0 Å². The van der Waals surface area contributed by atoms with Crippen molar-refractivity contribution < 1.29 is 5.11 Å². The molecule has 0 radical (unpaired) electrons. The minimum absolute atomic E-state index is 0.0844. The molecule has 1 aromatic rings. The van der Waals surface area contributed by atoms with Crippen LogP contribution in [-0.2, 0) is 3.79 Å². The van der Waals surface area contributed by atoms with Crippen LogP contribution in [0.25, 0.3) is 0 Å². The van der Waals surface area contributed by atoms with E-state index in [4.69, 9.17) is 45.6 Å². The Bertz CT molecular complexity index is 295. The monoisotopic (exact) mass is 225 g/mol. The predicted octanol–water partition coefficient (Wildman–Crippen LogP) is 2.80. The normalized spacial score (nSPS) is 11.6. The zero-order valence-electron chi connectivity index (χ0n) is 5.89. The van der Waals surface area contributed by atoms with E-state index in [1.807, 2.05) is 0 Å². The lowest BCUT2D eigenvalue weighted by atomic mass is 10.2. The van der Waals surface area contributed by atoms with Gasteiger partial charge in [-0.2, -0.15) is 0 Å². The Labute approximate surface area is 84.8 Å². The first-order valence-electron chi connectivity index (χ1n) is 3.07. The second-order valence-electron chi connectivity index (χ2n) is 2.27. The molecule has 0 fully saturated rings. The van der Waals surface area contributed by atoms with Gasteiger partial charge in [0.05, 0.1) is 5.69 Å². The topological polar surface area (TPSA) is 46.2 Å². The van der Waals surface area contributed by atoms with E-state index in [0.29, 0.717) is 5.56 Å². The summed E-state index contributed by atoms with van der Waals surface area (Å²) in [5.74, 6) is -0.0844. The lowest BCUT2D eigenvalue weighted by Crippen LogP contribution is -2.00. The molecule has 0 aliphatic heterocycles. The van der Waals surface area contributed by atoms with Crippen LogP contribution < -0.4 is 5.73 Å². The Morgan fingerprint density at radius 2 is 1.83 bits per heavy atom. The van der Waals surface area contributed by atoms with Crippen LogP contribution in [0, 0.1) is 0 Å². The zero-order valence-corrected chi connectivity index (χ0v) is 8.16. The minimum atomic E-state index is -1.52. The molecule has 0 saturated carbocycles. The number of nitrogens with two attached hydrogens (primary N) is 1. The van der Waals surface area contributed by atoms with Crippen LogP contribution in [-0.4, -0.2) is 5.11 Å². The van der Waals surface area contributed by atoms with E-state index in [2.05, 4.69) is 0 Å². The number of aromatic hydroxyl groups is 1. The number of phenols is 1. The van der Waals surface area contributed by atoms with Gasteiger partial charge in [-0.15, -0.1) is 0 Å². The summed E-state index contributed by atoms with van der Waals surface area (Å²) in [5.41, 5.74) is 6.00. The average molecular weight is 226 g/mol. The number of hydrogen-bond donors (Lipinski definition) is 2. The maximum atomic E-state index is 9.16. The molecule has 0 heterocycles. The first-order chi connectivity index (χ1) is 5.41. The highest BCUT2D eigenvalue weighted by Crippen LogP contribution is 2.40. The summed E-state index contributed by atoms with van der Waals surface area (Å²) >= 11 is 16.7. The molecule has 3 N–H and O–H groups in total. The molecule has 5 heteroatoms. The molecule has 0 aromatic heterocycles. The number of anilines is 1. The highest BCUT2D eigenvalue weighted by atomic mass is 35.6. The van der Waals surface area contributed by atoms with Gasteiger partial charge >= 0.3 is 0 Å². The summed E-state index contributed by atoms with van der Waals surface area (Å²) in [6, 6.07) is 4.34. The molecular formula is C7H6Cl3NO. The molecule has 2 nitrogen and oxygen atoms in total. The van der Waals surface area contributed by atoms with E-state index < -0.39 is 3.79 Å². The molecule has 0 amide bonds. The quantitative estimate of drug-likeness (QED) is 0.406. The van der Waals surface area contributed by atoms with Crippen molar-refractivity contribution in [2.75, 3.05) is 5.73 Å². The summed E-state index contributed by atoms with van der Waals surface area (Å²) in [7, 11) is 0. The second kappa shape index (κ2) is 3.21. The van der Waals surface area contributed by atoms with Crippen molar-refractivity contribution in [1.29, 1.82) is 0 Å². The summed E-state index contributed by atoms with van der Waals surface area (Å²) in [5, 5.41) is 9.16. The van der Waals surface area contributed by atoms with Gasteiger partial charge in [0, 0.05) is 5.56 Å². The van der Waals surface area contributed by atoms with Crippen molar-refractivity contribution in [2.24, 2.45) is 0 Å². The van der Waals surface area contributed by atoms with Gasteiger partial charge in [0.1, 0.15) is 5.75 Å². The third-order valence-electron chi connectivity index (χ3n) is 1.36. The number of benzene rings is 1. The van der Waals surface area contributed by atoms with E-state index in [1.54, 1.807) is 6.07 Å². The summed E-state index contributed by atoms with van der Waals surface area (Å²) in [6.07, 6.45) is 0. The van der Waals surface area contributed by atoms with Crippen molar-refractivity contribution in [1.82, 2.24) is 0 Å². The Hall–Kier alpha value is -0.310. The third kappa shape index (κ3) is 2.09. The van der Waals surface area contributed by atoms with Crippen molar-refractivity contribution in [3.05, 3.63) is 23.8 Å². The Morgan fingerprint density at radius 1 is 1.25 bits per heavy atom. The minimum Gasteiger partial charge on any atom is -0.506 e. The van der Waals surface area contributed by atoms with Crippen LogP contribution >= 0.6 is 34.8 Å². The molecule has 66 valence electrons. The van der Waals surface area contributed by atoms with Gasteiger partial charge in [-0.3, -0.25) is 0 Å². The molecule has 0 bridgehead atoms. The van der Waals surface area contributed by atoms with E-state index in [9.17, 15) is 0 Å². The molecule has 0 atom stereocenters. The lowest BCUT2D eigenvalue weighted by molar-refractivity contribution is 0.477. The molecule has 1 aromatic carbocycles. The molecule has 1 rings (SSSR count). The van der Waals surface area contributed by atoms with Gasteiger partial charge in [-0.25, -0.2) is 0 Å². The molecule has 0 unspecified atom stereocenters. The van der Waals surface area contributed by atoms with Crippen molar-refractivity contribution in [3.63, 3.8) is 0 Å². The largest absolute Gasteiger partial charge is 0.506 e. The van der Waals surface area contributed by atoms with Crippen molar-refractivity contribution >= 4 is 40.5 Å². The second-order valence-corrected chi connectivity index (χ2v) is 4.55. The van der Waals surface area contributed by atoms with Crippen LogP contribution in [0.1, 0.15) is 5.56 Å². The van der Waals surface area contributed by atoms with E-state index in [-0.39, 0.29) is 11.4 Å². The molecule has 0 aliphatic carbocycles. The fourth-order valence-corrected chi connectivity index (χ4v) is 1.07. The van der Waals surface area contributed by atoms with Crippen LogP contribution in [0.15, 0.2) is 18.2 Å². The van der Waals surface area contributed by atoms with E-state index >= 15 is 0 Å². The van der Waals surface area contributed by atoms with Gasteiger partial charge in [0.25, 0.3) is 0 Å². The molecular weight excluding hydrogens is 220 g/mol. The molecule has 0 spiro atoms. The van der Waals surface area contributed by atoms with Gasteiger partial charge < -0.3 is 10.8 Å². The van der Waals surface area contributed by atoms with Gasteiger partial charge in [-0.1, -0.05) is 40.9 Å². The number of rotatable bonds is 0. The molecule has 0 aliphatic rings. The first-order valence-corrected chi connectivity index (χ1v) is 4.20. The van der Waals surface area contributed by atoms with Crippen LogP contribution in [0.3, 0.4) is 0 Å². The fourth-order valence-electron chi connectivity index (χ4n) is 0.720. The average Bonchev–Trinajstić information content (AvgIpc) is 1.92. The fraction of sp³-hybridized carbons (Fsp3) is 0.143. The van der Waals surface area contributed by atoms with Gasteiger partial charge in [-0.05, 0) is 12.1 Å². The smallest absolute Gasteiger partial charge is 0.216 e. The highest BCUT2D eigenvalue weighted by molar-refractivity contribution is 6.66. The van der Waals surface area contributed by atoms with Gasteiger partial charge in [0.15, 0.2) is 0 Å². The molecule has 0 saturated heterocycles. The highest BCUT2D eigenvalue weighted by Gasteiger charge is 2.23. The third-order valence-corrected chi connectivity index (χ3v) is 2.01. The number of phenolic OH excluding ortho intramolecular Hbond substituents is 1. The first kappa shape index (κ1) is 9.78. The molecule has 12 heavy (non-hydrogen) atoms. The predicted molar refractivity (Wildman–Crippen MR) is 51.8 cm³/mol. The summed E-state index contributed by atoms with van der Waals surface area (Å²) < 4.78 is -1.52. The number of alkyl halides is 3. The van der Waals surface area contributed by atoms with Crippen LogP contribution in [0.2, 0.25) is 0 Å². The van der Waals surface area contributed by atoms with E-state index in [1.165, 1.54) is 12.1 Å². The summed E-state index contributed by atoms with van der Waals surface area (Å²) in [4.78, 5) is 0. The SMILES string of the molecule is Nc1ccc(C(Cl)(Cl)Cl)cc1O. The number of nitrogen functional groups attached to an aromatic ring is 1. The Balaban J connectivity index is 3.14. The van der Waals surface area contributed by atoms with Crippen molar-refractivity contribution in [2.45, 2.75) is 3.79 Å². The Kier molecular flexibility index (Phi) is 2.61. The number of halogens is 3. The summed E-state index contributed by atoms with van der Waals surface area (Å²) in [6.45, 7) is 0. The van der Waals surface area contributed by atoms with Gasteiger partial charge in [0.2, 0.25) is 3.79 Å². The lowest BCUT2D eigenvalue weighted by Gasteiger charge is -2.11. The Morgan fingerprint density at radius 3 is 2.25 bits per heavy atom. The van der Waals surface area contributed by atoms with Crippen LogP contribution in [0.4, 0.5) is 5.69 Å². The van der Waals surface area contributed by atoms with Crippen molar-refractivity contribution in [3.8, 4) is 5.75 Å². The number of hydrogen-bond acceptors (Lipinski definition) is 2. The standard InChI is InChI=1S/C7H6Cl3NO/c8-7(9,10)4-1-2-5(11)6(12)3-4/h1-3,12H,11H2. The zero-order chi connectivity index (χ0) is 9.35. The van der Waals surface area contributed by atoms with Crippen LogP contribution in [0.5, 0.6) is 5.75 Å².